The Morgan fingerprint density at radius 2 is 1.97 bits per heavy atom. The molecular weight excluding hydrogens is 460 g/mol. The van der Waals surface area contributed by atoms with Crippen molar-refractivity contribution in [3.05, 3.63) is 52.0 Å². The zero-order chi connectivity index (χ0) is 21.2. The van der Waals surface area contributed by atoms with Gasteiger partial charge in [-0.25, -0.2) is 13.2 Å². The Balaban J connectivity index is 2.00. The molecule has 1 aliphatic heterocycles. The van der Waals surface area contributed by atoms with Gasteiger partial charge in [0.15, 0.2) is 0 Å². The van der Waals surface area contributed by atoms with Crippen molar-refractivity contribution in [2.45, 2.75) is 31.6 Å². The number of nitrogens with one attached hydrogen (secondary N) is 1. The van der Waals surface area contributed by atoms with Crippen LogP contribution in [0, 0.1) is 0 Å². The fourth-order valence-corrected chi connectivity index (χ4v) is 5.23. The molecule has 0 fully saturated rings. The molecule has 0 aromatic heterocycles. The van der Waals surface area contributed by atoms with Crippen molar-refractivity contribution in [2.75, 3.05) is 22.8 Å². The van der Waals surface area contributed by atoms with Gasteiger partial charge in [0, 0.05) is 23.1 Å². The number of hydrogen-bond acceptors (Lipinski definition) is 5. The molecule has 1 amide bonds. The van der Waals surface area contributed by atoms with Crippen LogP contribution in [0.15, 0.2) is 45.8 Å². The van der Waals surface area contributed by atoms with E-state index in [-0.39, 0.29) is 35.1 Å². The molecule has 1 aliphatic rings. The van der Waals surface area contributed by atoms with Gasteiger partial charge in [-0.05, 0) is 49.2 Å². The Kier molecular flexibility index (Phi) is 6.28. The number of rotatable bonds is 6. The van der Waals surface area contributed by atoms with E-state index in [0.717, 1.165) is 5.56 Å². The Labute approximate surface area is 178 Å². The van der Waals surface area contributed by atoms with Gasteiger partial charge in [-0.1, -0.05) is 28.9 Å². The van der Waals surface area contributed by atoms with E-state index in [1.165, 1.54) is 17.0 Å². The molecule has 154 valence electrons. The predicted molar refractivity (Wildman–Crippen MR) is 114 cm³/mol. The topological polar surface area (TPSA) is 92.8 Å². The molecule has 7 nitrogen and oxygen atoms in total. The number of ether oxygens (including phenoxy) is 1. The molecule has 0 unspecified atom stereocenters. The molecule has 0 aliphatic carbocycles. The van der Waals surface area contributed by atoms with E-state index in [9.17, 15) is 18.0 Å². The summed E-state index contributed by atoms with van der Waals surface area (Å²) in [7, 11) is -4.02. The molecule has 0 radical (unpaired) electrons. The van der Waals surface area contributed by atoms with Gasteiger partial charge in [0.1, 0.15) is 4.90 Å². The first-order valence-corrected chi connectivity index (χ1v) is 11.5. The van der Waals surface area contributed by atoms with Gasteiger partial charge in [-0.3, -0.25) is 9.52 Å². The smallest absolute Gasteiger partial charge is 0.338 e. The number of fused-ring (bicyclic) bond motifs is 1. The lowest BCUT2D eigenvalue weighted by atomic mass is 10.2. The van der Waals surface area contributed by atoms with Gasteiger partial charge in [-0.2, -0.15) is 0 Å². The number of esters is 1. The third-order valence-corrected chi connectivity index (χ3v) is 6.36. The van der Waals surface area contributed by atoms with Crippen LogP contribution in [-0.4, -0.2) is 33.4 Å². The molecule has 2 aromatic rings. The fourth-order valence-electron chi connectivity index (χ4n) is 3.25. The Bertz CT molecular complexity index is 1070. The summed E-state index contributed by atoms with van der Waals surface area (Å²) in [5.74, 6) is -0.663. The zero-order valence-corrected chi connectivity index (χ0v) is 18.5. The van der Waals surface area contributed by atoms with Crippen LogP contribution in [0.2, 0.25) is 0 Å². The molecule has 0 bridgehead atoms. The van der Waals surface area contributed by atoms with E-state index in [1.807, 2.05) is 6.07 Å². The van der Waals surface area contributed by atoms with Crippen LogP contribution >= 0.6 is 15.9 Å². The number of amides is 1. The number of carbonyl (C=O) groups excluding carboxylic acids is 2. The maximum Gasteiger partial charge on any atom is 0.338 e. The van der Waals surface area contributed by atoms with Crippen molar-refractivity contribution in [1.29, 1.82) is 0 Å². The lowest BCUT2D eigenvalue weighted by molar-refractivity contribution is -0.118. The molecule has 0 atom stereocenters. The van der Waals surface area contributed by atoms with E-state index >= 15 is 0 Å². The molecule has 2 aromatic carbocycles. The summed E-state index contributed by atoms with van der Waals surface area (Å²) in [6.45, 7) is 4.10. The van der Waals surface area contributed by atoms with E-state index in [1.54, 1.807) is 32.0 Å². The molecule has 0 saturated carbocycles. The highest BCUT2D eigenvalue weighted by Crippen LogP contribution is 2.38. The first kappa shape index (κ1) is 21.3. The molecular formula is C20H21BrN2O5S. The number of carbonyl (C=O) groups is 2. The fraction of sp³-hybridized carbons (Fsp3) is 0.300. The van der Waals surface area contributed by atoms with Crippen molar-refractivity contribution < 1.29 is 22.7 Å². The van der Waals surface area contributed by atoms with Crippen LogP contribution in [0.5, 0.6) is 0 Å². The standard InChI is InChI=1S/C20H21BrN2O5S/c1-3-18(24)23-9-8-13-10-15(21)12-17(19(13)23)29(26,27)22-16-7-5-6-14(11-16)20(25)28-4-2/h5-7,10-12,22H,3-4,8-9H2,1-2H3. The van der Waals surface area contributed by atoms with Gasteiger partial charge in [0.2, 0.25) is 5.91 Å². The highest BCUT2D eigenvalue weighted by Gasteiger charge is 2.32. The van der Waals surface area contributed by atoms with Crippen LogP contribution in [0.4, 0.5) is 11.4 Å². The summed E-state index contributed by atoms with van der Waals surface area (Å²) in [5.41, 5.74) is 1.68. The summed E-state index contributed by atoms with van der Waals surface area (Å²) in [6, 6.07) is 9.41. The van der Waals surface area contributed by atoms with Crippen molar-refractivity contribution in [3.63, 3.8) is 0 Å². The minimum Gasteiger partial charge on any atom is -0.462 e. The molecule has 1 N–H and O–H groups in total. The highest BCUT2D eigenvalue weighted by molar-refractivity contribution is 9.10. The maximum atomic E-state index is 13.2. The minimum atomic E-state index is -4.02. The molecule has 0 saturated heterocycles. The second-order valence-electron chi connectivity index (χ2n) is 6.47. The van der Waals surface area contributed by atoms with E-state index in [4.69, 9.17) is 4.74 Å². The predicted octanol–water partition coefficient (Wildman–Crippen LogP) is 3.73. The lowest BCUT2D eigenvalue weighted by Crippen LogP contribution is -2.29. The number of hydrogen-bond donors (Lipinski definition) is 1. The van der Waals surface area contributed by atoms with Crippen molar-refractivity contribution in [2.24, 2.45) is 0 Å². The third-order valence-electron chi connectivity index (χ3n) is 4.51. The molecule has 3 rings (SSSR count). The van der Waals surface area contributed by atoms with Gasteiger partial charge >= 0.3 is 5.97 Å². The number of nitrogens with zero attached hydrogens (tertiary/aromatic N) is 1. The number of anilines is 2. The average Bonchev–Trinajstić information content (AvgIpc) is 3.10. The third kappa shape index (κ3) is 4.45. The van der Waals surface area contributed by atoms with Crippen LogP contribution < -0.4 is 9.62 Å². The normalized spacial score (nSPS) is 13.1. The van der Waals surface area contributed by atoms with Gasteiger partial charge in [0.05, 0.1) is 17.9 Å². The second-order valence-corrected chi connectivity index (χ2v) is 9.03. The second kappa shape index (κ2) is 8.54. The van der Waals surface area contributed by atoms with Gasteiger partial charge in [0.25, 0.3) is 10.0 Å². The summed E-state index contributed by atoms with van der Waals surface area (Å²) in [6.07, 6.45) is 0.866. The summed E-state index contributed by atoms with van der Waals surface area (Å²) in [5, 5.41) is 0. The Hall–Kier alpha value is -2.39. The monoisotopic (exact) mass is 480 g/mol. The largest absolute Gasteiger partial charge is 0.462 e. The zero-order valence-electron chi connectivity index (χ0n) is 16.1. The first-order valence-electron chi connectivity index (χ1n) is 9.19. The average molecular weight is 481 g/mol. The Morgan fingerprint density at radius 1 is 1.21 bits per heavy atom. The van der Waals surface area contributed by atoms with E-state index in [2.05, 4.69) is 20.7 Å². The van der Waals surface area contributed by atoms with Crippen molar-refractivity contribution in [3.8, 4) is 0 Å². The van der Waals surface area contributed by atoms with Crippen molar-refractivity contribution in [1.82, 2.24) is 0 Å². The first-order chi connectivity index (χ1) is 13.8. The molecule has 1 heterocycles. The van der Waals surface area contributed by atoms with Gasteiger partial charge in [-0.15, -0.1) is 0 Å². The Morgan fingerprint density at radius 3 is 2.66 bits per heavy atom. The summed E-state index contributed by atoms with van der Waals surface area (Å²) in [4.78, 5) is 25.8. The quantitative estimate of drug-likeness (QED) is 0.635. The van der Waals surface area contributed by atoms with Crippen LogP contribution in [0.1, 0.15) is 36.2 Å². The SMILES string of the molecule is CCOC(=O)c1cccc(NS(=O)(=O)c2cc(Br)cc3c2N(C(=O)CC)CC3)c1. The molecule has 9 heteroatoms. The highest BCUT2D eigenvalue weighted by atomic mass is 79.9. The van der Waals surface area contributed by atoms with E-state index in [0.29, 0.717) is 23.1 Å². The number of sulfonamides is 1. The van der Waals surface area contributed by atoms with Crippen LogP contribution in [0.3, 0.4) is 0 Å². The number of benzene rings is 2. The van der Waals surface area contributed by atoms with Gasteiger partial charge < -0.3 is 9.64 Å². The summed E-state index contributed by atoms with van der Waals surface area (Å²) < 4.78 is 34.5. The van der Waals surface area contributed by atoms with Crippen LogP contribution in [-0.2, 0) is 26.0 Å². The van der Waals surface area contributed by atoms with Crippen molar-refractivity contribution >= 4 is 49.2 Å². The summed E-state index contributed by atoms with van der Waals surface area (Å²) >= 11 is 3.36. The van der Waals surface area contributed by atoms with Crippen LogP contribution in [0.25, 0.3) is 0 Å². The maximum absolute atomic E-state index is 13.2. The number of halogens is 1. The molecule has 29 heavy (non-hydrogen) atoms. The minimum absolute atomic E-state index is 0.0164. The lowest BCUT2D eigenvalue weighted by Gasteiger charge is -2.20. The molecule has 0 spiro atoms. The van der Waals surface area contributed by atoms with E-state index < -0.39 is 16.0 Å².